The molecule has 19 heavy (non-hydrogen) atoms. The third kappa shape index (κ3) is 3.89. The predicted octanol–water partition coefficient (Wildman–Crippen LogP) is 2.19. The molecule has 2 aromatic rings. The Hall–Kier alpha value is -1.68. The van der Waals surface area contributed by atoms with Crippen molar-refractivity contribution in [3.05, 3.63) is 47.5 Å². The monoisotopic (exact) mass is 258 g/mol. The van der Waals surface area contributed by atoms with E-state index < -0.39 is 0 Å². The van der Waals surface area contributed by atoms with Crippen LogP contribution in [0.4, 0.5) is 0 Å². The van der Waals surface area contributed by atoms with Crippen molar-refractivity contribution in [3.63, 3.8) is 0 Å². The van der Waals surface area contributed by atoms with Crippen LogP contribution in [-0.2, 0) is 25.9 Å². The molecule has 0 amide bonds. The minimum atomic E-state index is 0.876. The van der Waals surface area contributed by atoms with E-state index in [9.17, 15) is 0 Å². The van der Waals surface area contributed by atoms with Crippen LogP contribution in [0.5, 0.6) is 0 Å². The lowest BCUT2D eigenvalue weighted by atomic mass is 10.2. The summed E-state index contributed by atoms with van der Waals surface area (Å²) in [6.07, 6.45) is 5.74. The second-order valence-electron chi connectivity index (χ2n) is 4.58. The van der Waals surface area contributed by atoms with Crippen LogP contribution in [0.1, 0.15) is 30.8 Å². The molecule has 0 radical (unpaired) electrons. The SMILES string of the molecule is CCc1cc(CNCCc2cccnc2)n(CC)n1. The van der Waals surface area contributed by atoms with E-state index in [0.717, 1.165) is 32.5 Å². The second kappa shape index (κ2) is 7.04. The molecular formula is C15H22N4. The van der Waals surface area contributed by atoms with Crippen LogP contribution in [0.2, 0.25) is 0 Å². The summed E-state index contributed by atoms with van der Waals surface area (Å²) in [7, 11) is 0. The van der Waals surface area contributed by atoms with Gasteiger partial charge >= 0.3 is 0 Å². The molecule has 4 heteroatoms. The van der Waals surface area contributed by atoms with Gasteiger partial charge in [-0.25, -0.2) is 0 Å². The van der Waals surface area contributed by atoms with Gasteiger partial charge in [-0.15, -0.1) is 0 Å². The fourth-order valence-corrected chi connectivity index (χ4v) is 2.10. The van der Waals surface area contributed by atoms with Crippen molar-refractivity contribution in [2.45, 2.75) is 39.8 Å². The van der Waals surface area contributed by atoms with Crippen LogP contribution in [0, 0.1) is 0 Å². The van der Waals surface area contributed by atoms with Crippen molar-refractivity contribution >= 4 is 0 Å². The van der Waals surface area contributed by atoms with Crippen molar-refractivity contribution in [1.82, 2.24) is 20.1 Å². The highest BCUT2D eigenvalue weighted by Gasteiger charge is 2.04. The average molecular weight is 258 g/mol. The minimum Gasteiger partial charge on any atom is -0.311 e. The van der Waals surface area contributed by atoms with E-state index in [-0.39, 0.29) is 0 Å². The van der Waals surface area contributed by atoms with Gasteiger partial charge in [0.25, 0.3) is 0 Å². The van der Waals surface area contributed by atoms with E-state index in [0.29, 0.717) is 0 Å². The molecule has 0 unspecified atom stereocenters. The summed E-state index contributed by atoms with van der Waals surface area (Å²) in [5.74, 6) is 0. The molecule has 0 aliphatic rings. The van der Waals surface area contributed by atoms with E-state index in [4.69, 9.17) is 0 Å². The van der Waals surface area contributed by atoms with Crippen molar-refractivity contribution in [1.29, 1.82) is 0 Å². The van der Waals surface area contributed by atoms with Gasteiger partial charge in [-0.3, -0.25) is 9.67 Å². The molecule has 0 fully saturated rings. The highest BCUT2D eigenvalue weighted by Crippen LogP contribution is 2.05. The predicted molar refractivity (Wildman–Crippen MR) is 76.9 cm³/mol. The third-order valence-corrected chi connectivity index (χ3v) is 3.20. The quantitative estimate of drug-likeness (QED) is 0.774. The number of aryl methyl sites for hydroxylation is 2. The third-order valence-electron chi connectivity index (χ3n) is 3.20. The van der Waals surface area contributed by atoms with Crippen molar-refractivity contribution in [3.8, 4) is 0 Å². The van der Waals surface area contributed by atoms with Crippen molar-refractivity contribution in [2.75, 3.05) is 6.54 Å². The van der Waals surface area contributed by atoms with Gasteiger partial charge in [0.1, 0.15) is 0 Å². The Morgan fingerprint density at radius 1 is 1.32 bits per heavy atom. The number of nitrogens with zero attached hydrogens (tertiary/aromatic N) is 3. The lowest BCUT2D eigenvalue weighted by Gasteiger charge is -2.06. The molecule has 4 nitrogen and oxygen atoms in total. The maximum atomic E-state index is 4.55. The number of nitrogens with one attached hydrogen (secondary N) is 1. The van der Waals surface area contributed by atoms with E-state index in [1.54, 1.807) is 0 Å². The maximum absolute atomic E-state index is 4.55. The van der Waals surface area contributed by atoms with Gasteiger partial charge in [0.2, 0.25) is 0 Å². The average Bonchev–Trinajstić information content (AvgIpc) is 2.87. The summed E-state index contributed by atoms with van der Waals surface area (Å²) in [4.78, 5) is 4.12. The van der Waals surface area contributed by atoms with Crippen molar-refractivity contribution < 1.29 is 0 Å². The van der Waals surface area contributed by atoms with E-state index in [1.165, 1.54) is 17.0 Å². The minimum absolute atomic E-state index is 0.876. The van der Waals surface area contributed by atoms with Gasteiger partial charge in [-0.2, -0.15) is 5.10 Å². The lowest BCUT2D eigenvalue weighted by Crippen LogP contribution is -2.19. The highest BCUT2D eigenvalue weighted by molar-refractivity contribution is 5.11. The molecule has 2 aromatic heterocycles. The molecule has 0 aromatic carbocycles. The topological polar surface area (TPSA) is 42.7 Å². The number of hydrogen-bond donors (Lipinski definition) is 1. The summed E-state index contributed by atoms with van der Waals surface area (Å²) in [5.41, 5.74) is 3.71. The first-order valence-corrected chi connectivity index (χ1v) is 6.98. The Morgan fingerprint density at radius 2 is 2.21 bits per heavy atom. The highest BCUT2D eigenvalue weighted by atomic mass is 15.3. The summed E-state index contributed by atoms with van der Waals surface area (Å²) in [6, 6.07) is 6.29. The van der Waals surface area contributed by atoms with Gasteiger partial charge in [0, 0.05) is 25.5 Å². The van der Waals surface area contributed by atoms with Crippen LogP contribution in [-0.4, -0.2) is 21.3 Å². The Labute approximate surface area is 114 Å². The van der Waals surface area contributed by atoms with Crippen LogP contribution >= 0.6 is 0 Å². The van der Waals surface area contributed by atoms with Crippen LogP contribution < -0.4 is 5.32 Å². The first-order valence-electron chi connectivity index (χ1n) is 6.98. The number of hydrogen-bond acceptors (Lipinski definition) is 3. The van der Waals surface area contributed by atoms with E-state index in [2.05, 4.69) is 46.1 Å². The zero-order valence-corrected chi connectivity index (χ0v) is 11.8. The van der Waals surface area contributed by atoms with E-state index in [1.807, 2.05) is 18.5 Å². The maximum Gasteiger partial charge on any atom is 0.0625 e. The zero-order valence-electron chi connectivity index (χ0n) is 11.8. The summed E-state index contributed by atoms with van der Waals surface area (Å²) in [6.45, 7) is 7.04. The zero-order chi connectivity index (χ0) is 13.5. The molecule has 0 spiro atoms. The largest absolute Gasteiger partial charge is 0.311 e. The van der Waals surface area contributed by atoms with Crippen LogP contribution in [0.15, 0.2) is 30.6 Å². The Kier molecular flexibility index (Phi) is 5.10. The first-order chi connectivity index (χ1) is 9.33. The molecule has 2 heterocycles. The van der Waals surface area contributed by atoms with Crippen LogP contribution in [0.25, 0.3) is 0 Å². The summed E-state index contributed by atoms with van der Waals surface area (Å²) >= 11 is 0. The summed E-state index contributed by atoms with van der Waals surface area (Å²) < 4.78 is 2.08. The fourth-order valence-electron chi connectivity index (χ4n) is 2.10. The molecule has 0 aliphatic carbocycles. The molecule has 0 aliphatic heterocycles. The molecule has 2 rings (SSSR count). The molecule has 102 valence electrons. The molecule has 0 saturated heterocycles. The molecule has 0 atom stereocenters. The molecule has 1 N–H and O–H groups in total. The lowest BCUT2D eigenvalue weighted by molar-refractivity contribution is 0.578. The molecule has 0 bridgehead atoms. The Bertz CT molecular complexity index is 490. The molecule has 0 saturated carbocycles. The van der Waals surface area contributed by atoms with Crippen molar-refractivity contribution in [2.24, 2.45) is 0 Å². The Morgan fingerprint density at radius 3 is 2.89 bits per heavy atom. The first kappa shape index (κ1) is 13.7. The smallest absolute Gasteiger partial charge is 0.0625 e. The van der Waals surface area contributed by atoms with Gasteiger partial charge in [-0.05, 0) is 44.0 Å². The second-order valence-corrected chi connectivity index (χ2v) is 4.58. The van der Waals surface area contributed by atoms with Gasteiger partial charge in [-0.1, -0.05) is 13.0 Å². The standard InChI is InChI=1S/C15H22N4/c1-3-14-10-15(19(4-2)18-14)12-17-9-7-13-6-5-8-16-11-13/h5-6,8,10-11,17H,3-4,7,9,12H2,1-2H3. The number of rotatable bonds is 7. The number of aromatic nitrogens is 3. The van der Waals surface area contributed by atoms with Gasteiger partial charge < -0.3 is 5.32 Å². The fraction of sp³-hybridized carbons (Fsp3) is 0.467. The normalized spacial score (nSPS) is 10.8. The number of pyridine rings is 1. The van der Waals surface area contributed by atoms with E-state index >= 15 is 0 Å². The van der Waals surface area contributed by atoms with Crippen LogP contribution in [0.3, 0.4) is 0 Å². The summed E-state index contributed by atoms with van der Waals surface area (Å²) in [5, 5.41) is 8.02. The Balaban J connectivity index is 1.81. The molecular weight excluding hydrogens is 236 g/mol. The van der Waals surface area contributed by atoms with Gasteiger partial charge in [0.05, 0.1) is 11.4 Å². The van der Waals surface area contributed by atoms with Gasteiger partial charge in [0.15, 0.2) is 0 Å².